The standard InChI is InChI=1S/C18H22N4O3S/c1-12(2)16-20-14(11-26-16)6-7-19-17(23)21-13-4-3-5-15(10-13)22-8-9-25-18(22)24/h3-5,10-12H,6-9H2,1-2H3,(H2,19,21,23). The van der Waals surface area contributed by atoms with Crippen molar-refractivity contribution in [2.75, 3.05) is 29.9 Å². The minimum atomic E-state index is -0.365. The number of hydrogen-bond donors (Lipinski definition) is 2. The van der Waals surface area contributed by atoms with Gasteiger partial charge in [0, 0.05) is 35.6 Å². The van der Waals surface area contributed by atoms with Crippen molar-refractivity contribution in [3.8, 4) is 0 Å². The molecular weight excluding hydrogens is 352 g/mol. The highest BCUT2D eigenvalue weighted by molar-refractivity contribution is 7.09. The van der Waals surface area contributed by atoms with Crippen LogP contribution in [0, 0.1) is 0 Å². The monoisotopic (exact) mass is 374 g/mol. The normalized spacial score (nSPS) is 13.8. The zero-order chi connectivity index (χ0) is 18.5. The van der Waals surface area contributed by atoms with Crippen LogP contribution in [-0.2, 0) is 11.2 Å². The summed E-state index contributed by atoms with van der Waals surface area (Å²) in [6, 6.07) is 6.84. The first kappa shape index (κ1) is 18.2. The van der Waals surface area contributed by atoms with Crippen molar-refractivity contribution in [1.29, 1.82) is 0 Å². The second-order valence-corrected chi connectivity index (χ2v) is 7.17. The SMILES string of the molecule is CC(C)c1nc(CCNC(=O)Nc2cccc(N3CCOC3=O)c2)cs1. The third-order valence-electron chi connectivity index (χ3n) is 3.91. The molecule has 1 saturated heterocycles. The molecule has 0 unspecified atom stereocenters. The highest BCUT2D eigenvalue weighted by Gasteiger charge is 2.23. The number of nitrogens with one attached hydrogen (secondary N) is 2. The molecule has 0 spiro atoms. The van der Waals surface area contributed by atoms with E-state index in [0.717, 1.165) is 10.7 Å². The summed E-state index contributed by atoms with van der Waals surface area (Å²) in [7, 11) is 0. The van der Waals surface area contributed by atoms with Crippen LogP contribution in [0.5, 0.6) is 0 Å². The van der Waals surface area contributed by atoms with Crippen LogP contribution in [0.2, 0.25) is 0 Å². The molecule has 2 heterocycles. The number of anilines is 2. The smallest absolute Gasteiger partial charge is 0.414 e. The van der Waals surface area contributed by atoms with Crippen molar-refractivity contribution in [3.05, 3.63) is 40.3 Å². The van der Waals surface area contributed by atoms with Crippen LogP contribution in [0.3, 0.4) is 0 Å². The van der Waals surface area contributed by atoms with Crippen LogP contribution in [-0.4, -0.2) is 36.8 Å². The fraction of sp³-hybridized carbons (Fsp3) is 0.389. The highest BCUT2D eigenvalue weighted by Crippen LogP contribution is 2.22. The predicted octanol–water partition coefficient (Wildman–Crippen LogP) is 3.59. The number of thiazole rings is 1. The Hall–Kier alpha value is -2.61. The average Bonchev–Trinajstić information content (AvgIpc) is 3.24. The van der Waals surface area contributed by atoms with Gasteiger partial charge in [0.15, 0.2) is 0 Å². The molecule has 0 bridgehead atoms. The number of rotatable bonds is 6. The number of aromatic nitrogens is 1. The number of ether oxygens (including phenoxy) is 1. The summed E-state index contributed by atoms with van der Waals surface area (Å²) in [5.41, 5.74) is 2.32. The van der Waals surface area contributed by atoms with Crippen LogP contribution < -0.4 is 15.5 Å². The van der Waals surface area contributed by atoms with Crippen LogP contribution in [0.25, 0.3) is 0 Å². The number of amides is 3. The molecule has 0 aliphatic carbocycles. The van der Waals surface area contributed by atoms with Gasteiger partial charge >= 0.3 is 12.1 Å². The molecule has 1 aliphatic rings. The summed E-state index contributed by atoms with van der Waals surface area (Å²) >= 11 is 1.65. The van der Waals surface area contributed by atoms with Gasteiger partial charge in [-0.3, -0.25) is 4.90 Å². The number of carbonyl (C=O) groups is 2. The van der Waals surface area contributed by atoms with E-state index in [9.17, 15) is 9.59 Å². The van der Waals surface area contributed by atoms with Crippen molar-refractivity contribution in [2.45, 2.75) is 26.2 Å². The number of carbonyl (C=O) groups excluding carboxylic acids is 2. The number of urea groups is 1. The first-order chi connectivity index (χ1) is 12.5. The lowest BCUT2D eigenvalue weighted by Crippen LogP contribution is -2.30. The van der Waals surface area contributed by atoms with Crippen LogP contribution in [0.15, 0.2) is 29.6 Å². The number of benzene rings is 1. The van der Waals surface area contributed by atoms with E-state index in [1.165, 1.54) is 4.90 Å². The summed E-state index contributed by atoms with van der Waals surface area (Å²) in [6.45, 7) is 5.63. The maximum Gasteiger partial charge on any atom is 0.414 e. The Labute approximate surface area is 156 Å². The van der Waals surface area contributed by atoms with Gasteiger partial charge in [-0.2, -0.15) is 0 Å². The van der Waals surface area contributed by atoms with E-state index in [2.05, 4.69) is 29.5 Å². The fourth-order valence-electron chi connectivity index (χ4n) is 2.56. The van der Waals surface area contributed by atoms with Crippen molar-refractivity contribution in [1.82, 2.24) is 10.3 Å². The second kappa shape index (κ2) is 8.18. The van der Waals surface area contributed by atoms with Gasteiger partial charge in [0.25, 0.3) is 0 Å². The van der Waals surface area contributed by atoms with Gasteiger partial charge in [-0.15, -0.1) is 11.3 Å². The second-order valence-electron chi connectivity index (χ2n) is 6.28. The Morgan fingerprint density at radius 2 is 2.27 bits per heavy atom. The molecule has 1 aromatic heterocycles. The molecular formula is C18H22N4O3S. The maximum absolute atomic E-state index is 12.1. The van der Waals surface area contributed by atoms with E-state index in [4.69, 9.17) is 4.74 Å². The molecule has 1 fully saturated rings. The Morgan fingerprint density at radius 3 is 2.96 bits per heavy atom. The Kier molecular flexibility index (Phi) is 5.72. The summed E-state index contributed by atoms with van der Waals surface area (Å²) < 4.78 is 4.93. The van der Waals surface area contributed by atoms with Gasteiger partial charge in [-0.05, 0) is 18.2 Å². The lowest BCUT2D eigenvalue weighted by atomic mass is 10.2. The highest BCUT2D eigenvalue weighted by atomic mass is 32.1. The Bertz CT molecular complexity index is 790. The molecule has 26 heavy (non-hydrogen) atoms. The zero-order valence-corrected chi connectivity index (χ0v) is 15.6. The quantitative estimate of drug-likeness (QED) is 0.809. The van der Waals surface area contributed by atoms with E-state index in [-0.39, 0.29) is 12.1 Å². The molecule has 1 aliphatic heterocycles. The van der Waals surface area contributed by atoms with Crippen molar-refractivity contribution >= 4 is 34.8 Å². The molecule has 2 aromatic rings. The van der Waals surface area contributed by atoms with Crippen molar-refractivity contribution in [3.63, 3.8) is 0 Å². The number of cyclic esters (lactones) is 1. The molecule has 8 heteroatoms. The molecule has 0 radical (unpaired) electrons. The van der Waals surface area contributed by atoms with E-state index < -0.39 is 0 Å². The van der Waals surface area contributed by atoms with Gasteiger partial charge in [0.1, 0.15) is 6.61 Å². The summed E-state index contributed by atoms with van der Waals surface area (Å²) in [5.74, 6) is 0.421. The number of nitrogens with zero attached hydrogens (tertiary/aromatic N) is 2. The van der Waals surface area contributed by atoms with Crippen LogP contribution in [0.1, 0.15) is 30.5 Å². The first-order valence-corrected chi connectivity index (χ1v) is 9.44. The third kappa shape index (κ3) is 4.51. The summed E-state index contributed by atoms with van der Waals surface area (Å²) in [4.78, 5) is 29.8. The number of hydrogen-bond acceptors (Lipinski definition) is 5. The van der Waals surface area contributed by atoms with E-state index in [1.807, 2.05) is 11.4 Å². The van der Waals surface area contributed by atoms with Crippen molar-refractivity contribution in [2.24, 2.45) is 0 Å². The largest absolute Gasteiger partial charge is 0.447 e. The predicted molar refractivity (Wildman–Crippen MR) is 102 cm³/mol. The molecule has 3 amide bonds. The van der Waals surface area contributed by atoms with Gasteiger partial charge < -0.3 is 15.4 Å². The fourth-order valence-corrected chi connectivity index (χ4v) is 3.43. The van der Waals surface area contributed by atoms with Gasteiger partial charge in [0.05, 0.1) is 17.2 Å². The molecule has 0 atom stereocenters. The van der Waals surface area contributed by atoms with E-state index >= 15 is 0 Å². The summed E-state index contributed by atoms with van der Waals surface area (Å²) in [6.07, 6.45) is 0.326. The topological polar surface area (TPSA) is 83.6 Å². The third-order valence-corrected chi connectivity index (χ3v) is 5.10. The molecule has 7 nitrogen and oxygen atoms in total. The average molecular weight is 374 g/mol. The molecule has 2 N–H and O–H groups in total. The summed E-state index contributed by atoms with van der Waals surface area (Å²) in [5, 5.41) is 8.76. The molecule has 138 valence electrons. The minimum absolute atomic E-state index is 0.287. The molecule has 3 rings (SSSR count). The van der Waals surface area contributed by atoms with E-state index in [0.29, 0.717) is 43.4 Å². The lowest BCUT2D eigenvalue weighted by molar-refractivity contribution is 0.181. The first-order valence-electron chi connectivity index (χ1n) is 8.56. The van der Waals surface area contributed by atoms with Gasteiger partial charge in [-0.25, -0.2) is 14.6 Å². The maximum atomic E-state index is 12.1. The lowest BCUT2D eigenvalue weighted by Gasteiger charge is -2.14. The van der Waals surface area contributed by atoms with Crippen LogP contribution in [0.4, 0.5) is 21.0 Å². The minimum Gasteiger partial charge on any atom is -0.447 e. The van der Waals surface area contributed by atoms with Crippen molar-refractivity contribution < 1.29 is 14.3 Å². The zero-order valence-electron chi connectivity index (χ0n) is 14.8. The molecule has 0 saturated carbocycles. The Balaban J connectivity index is 1.49. The van der Waals surface area contributed by atoms with Gasteiger partial charge in [-0.1, -0.05) is 19.9 Å². The van der Waals surface area contributed by atoms with E-state index in [1.54, 1.807) is 29.5 Å². The van der Waals surface area contributed by atoms with Gasteiger partial charge in [0.2, 0.25) is 0 Å². The Morgan fingerprint density at radius 1 is 1.42 bits per heavy atom. The van der Waals surface area contributed by atoms with Crippen LogP contribution >= 0.6 is 11.3 Å². The molecule has 1 aromatic carbocycles.